The van der Waals surface area contributed by atoms with Gasteiger partial charge in [-0.2, -0.15) is 5.26 Å². The number of benzene rings is 2. The summed E-state index contributed by atoms with van der Waals surface area (Å²) >= 11 is 0. The van der Waals surface area contributed by atoms with Crippen molar-refractivity contribution in [3.63, 3.8) is 0 Å². The Balaban J connectivity index is 2.22. The lowest BCUT2D eigenvalue weighted by atomic mass is 10.0. The number of hydrogen-bond acceptors (Lipinski definition) is 2. The van der Waals surface area contributed by atoms with Crippen LogP contribution in [-0.2, 0) is 6.54 Å². The van der Waals surface area contributed by atoms with E-state index in [1.807, 2.05) is 19.1 Å². The quantitative estimate of drug-likeness (QED) is 0.865. The zero-order chi connectivity index (χ0) is 12.1. The van der Waals surface area contributed by atoms with Gasteiger partial charge >= 0.3 is 0 Å². The summed E-state index contributed by atoms with van der Waals surface area (Å²) in [5, 5.41) is 14.7. The second-order valence-electron chi connectivity index (χ2n) is 4.11. The van der Waals surface area contributed by atoms with Gasteiger partial charge < -0.3 is 0 Å². The van der Waals surface area contributed by atoms with Crippen LogP contribution in [0.2, 0.25) is 0 Å². The summed E-state index contributed by atoms with van der Waals surface area (Å²) < 4.78 is 0. The molecule has 0 spiro atoms. The number of hydrogen-bond donors (Lipinski definition) is 1. The van der Waals surface area contributed by atoms with E-state index in [1.54, 1.807) is 0 Å². The standard InChI is InChI=1S/C15H16N2/c1-2-14(10-16)17-11-13-8-5-7-12-6-3-4-9-15(12)13/h3-9,14,17H,2,11H2,1H3. The fourth-order valence-corrected chi connectivity index (χ4v) is 1.96. The molecule has 0 amide bonds. The van der Waals surface area contributed by atoms with Gasteiger partial charge in [-0.15, -0.1) is 0 Å². The van der Waals surface area contributed by atoms with Crippen LogP contribution >= 0.6 is 0 Å². The SMILES string of the molecule is CCC(C#N)NCc1cccc2ccccc12. The van der Waals surface area contributed by atoms with Gasteiger partial charge in [0.25, 0.3) is 0 Å². The Morgan fingerprint density at radius 2 is 1.94 bits per heavy atom. The van der Waals surface area contributed by atoms with Crippen LogP contribution < -0.4 is 5.32 Å². The summed E-state index contributed by atoms with van der Waals surface area (Å²) in [7, 11) is 0. The van der Waals surface area contributed by atoms with Crippen molar-refractivity contribution in [2.45, 2.75) is 25.9 Å². The predicted octanol–water partition coefficient (Wildman–Crippen LogP) is 3.23. The van der Waals surface area contributed by atoms with Crippen LogP contribution in [0.5, 0.6) is 0 Å². The van der Waals surface area contributed by atoms with E-state index in [-0.39, 0.29) is 6.04 Å². The molecular formula is C15H16N2. The summed E-state index contributed by atoms with van der Waals surface area (Å²) in [5.74, 6) is 0. The van der Waals surface area contributed by atoms with Gasteiger partial charge in [-0.3, -0.25) is 5.32 Å². The van der Waals surface area contributed by atoms with Gasteiger partial charge in [-0.05, 0) is 22.8 Å². The van der Waals surface area contributed by atoms with Crippen molar-refractivity contribution in [3.05, 3.63) is 48.0 Å². The molecule has 2 heteroatoms. The molecule has 2 aromatic rings. The average molecular weight is 224 g/mol. The number of fused-ring (bicyclic) bond motifs is 1. The fraction of sp³-hybridized carbons (Fsp3) is 0.267. The first-order chi connectivity index (χ1) is 8.35. The molecule has 0 aromatic heterocycles. The van der Waals surface area contributed by atoms with Gasteiger partial charge in [0.05, 0.1) is 12.1 Å². The topological polar surface area (TPSA) is 35.8 Å². The minimum atomic E-state index is -0.0611. The summed E-state index contributed by atoms with van der Waals surface area (Å²) in [6.45, 7) is 2.76. The van der Waals surface area contributed by atoms with Crippen LogP contribution in [0.4, 0.5) is 0 Å². The Hall–Kier alpha value is -1.85. The van der Waals surface area contributed by atoms with Gasteiger partial charge in [0, 0.05) is 6.54 Å². The highest BCUT2D eigenvalue weighted by molar-refractivity contribution is 5.85. The lowest BCUT2D eigenvalue weighted by Gasteiger charge is -2.11. The van der Waals surface area contributed by atoms with Crippen molar-refractivity contribution in [1.29, 1.82) is 5.26 Å². The Morgan fingerprint density at radius 1 is 1.18 bits per heavy atom. The lowest BCUT2D eigenvalue weighted by molar-refractivity contribution is 0.589. The van der Waals surface area contributed by atoms with Crippen LogP contribution in [0.25, 0.3) is 10.8 Å². The first kappa shape index (κ1) is 11.6. The molecule has 0 saturated heterocycles. The van der Waals surface area contributed by atoms with Crippen LogP contribution in [0.3, 0.4) is 0 Å². The van der Waals surface area contributed by atoms with E-state index in [1.165, 1.54) is 16.3 Å². The molecule has 2 nitrogen and oxygen atoms in total. The second-order valence-corrected chi connectivity index (χ2v) is 4.11. The molecule has 1 unspecified atom stereocenters. The molecule has 0 saturated carbocycles. The monoisotopic (exact) mass is 224 g/mol. The van der Waals surface area contributed by atoms with Gasteiger partial charge in [0.2, 0.25) is 0 Å². The van der Waals surface area contributed by atoms with Gasteiger partial charge in [0.15, 0.2) is 0 Å². The zero-order valence-electron chi connectivity index (χ0n) is 9.98. The highest BCUT2D eigenvalue weighted by Crippen LogP contribution is 2.18. The van der Waals surface area contributed by atoms with Crippen molar-refractivity contribution in [3.8, 4) is 6.07 Å². The van der Waals surface area contributed by atoms with E-state index in [4.69, 9.17) is 5.26 Å². The Kier molecular flexibility index (Phi) is 3.74. The molecule has 0 aliphatic carbocycles. The number of rotatable bonds is 4. The maximum Gasteiger partial charge on any atom is 0.0952 e. The van der Waals surface area contributed by atoms with E-state index in [2.05, 4.69) is 41.7 Å². The van der Waals surface area contributed by atoms with Gasteiger partial charge in [0.1, 0.15) is 0 Å². The van der Waals surface area contributed by atoms with E-state index in [9.17, 15) is 0 Å². The minimum Gasteiger partial charge on any atom is -0.298 e. The molecule has 1 atom stereocenters. The van der Waals surface area contributed by atoms with Crippen LogP contribution in [0.15, 0.2) is 42.5 Å². The third-order valence-corrected chi connectivity index (χ3v) is 2.98. The van der Waals surface area contributed by atoms with Crippen LogP contribution in [0, 0.1) is 11.3 Å². The molecule has 0 heterocycles. The van der Waals surface area contributed by atoms with Gasteiger partial charge in [-0.25, -0.2) is 0 Å². The first-order valence-corrected chi connectivity index (χ1v) is 5.94. The molecule has 0 bridgehead atoms. The normalized spacial score (nSPS) is 12.2. The first-order valence-electron chi connectivity index (χ1n) is 5.94. The van der Waals surface area contributed by atoms with Crippen molar-refractivity contribution in [2.75, 3.05) is 0 Å². The van der Waals surface area contributed by atoms with Crippen LogP contribution in [0.1, 0.15) is 18.9 Å². The summed E-state index contributed by atoms with van der Waals surface area (Å²) in [4.78, 5) is 0. The molecule has 0 aliphatic heterocycles. The molecular weight excluding hydrogens is 208 g/mol. The maximum absolute atomic E-state index is 8.90. The molecule has 1 N–H and O–H groups in total. The Bertz CT molecular complexity index is 535. The van der Waals surface area contributed by atoms with Crippen LogP contribution in [-0.4, -0.2) is 6.04 Å². The van der Waals surface area contributed by atoms with E-state index >= 15 is 0 Å². The molecule has 2 rings (SSSR count). The molecule has 0 aliphatic rings. The summed E-state index contributed by atoms with van der Waals surface area (Å²) in [5.41, 5.74) is 1.25. The molecule has 0 radical (unpaired) electrons. The van der Waals surface area contributed by atoms with E-state index in [0.29, 0.717) is 0 Å². The van der Waals surface area contributed by atoms with E-state index < -0.39 is 0 Å². The number of nitrogens with zero attached hydrogens (tertiary/aromatic N) is 1. The highest BCUT2D eigenvalue weighted by Gasteiger charge is 2.04. The average Bonchev–Trinajstić information content (AvgIpc) is 2.40. The van der Waals surface area contributed by atoms with Crippen molar-refractivity contribution in [1.82, 2.24) is 5.32 Å². The molecule has 17 heavy (non-hydrogen) atoms. The van der Waals surface area contributed by atoms with Gasteiger partial charge in [-0.1, -0.05) is 49.4 Å². The number of nitriles is 1. The lowest BCUT2D eigenvalue weighted by Crippen LogP contribution is -2.26. The van der Waals surface area contributed by atoms with Crippen molar-refractivity contribution < 1.29 is 0 Å². The van der Waals surface area contributed by atoms with E-state index in [0.717, 1.165) is 13.0 Å². The summed E-state index contributed by atoms with van der Waals surface area (Å²) in [6, 6.07) is 16.8. The molecule has 2 aromatic carbocycles. The zero-order valence-corrected chi connectivity index (χ0v) is 9.98. The minimum absolute atomic E-state index is 0.0611. The third-order valence-electron chi connectivity index (χ3n) is 2.98. The largest absolute Gasteiger partial charge is 0.298 e. The fourth-order valence-electron chi connectivity index (χ4n) is 1.96. The smallest absolute Gasteiger partial charge is 0.0952 e. The van der Waals surface area contributed by atoms with Crippen molar-refractivity contribution >= 4 is 10.8 Å². The van der Waals surface area contributed by atoms with Crippen molar-refractivity contribution in [2.24, 2.45) is 0 Å². The molecule has 86 valence electrons. The summed E-state index contributed by atoms with van der Waals surface area (Å²) in [6.07, 6.45) is 0.835. The third kappa shape index (κ3) is 2.64. The second kappa shape index (κ2) is 5.47. The maximum atomic E-state index is 8.90. The highest BCUT2D eigenvalue weighted by atomic mass is 14.9. The Labute approximate surface area is 102 Å². The molecule has 0 fully saturated rings. The number of nitrogens with one attached hydrogen (secondary N) is 1. The predicted molar refractivity (Wildman–Crippen MR) is 70.5 cm³/mol. The Morgan fingerprint density at radius 3 is 2.71 bits per heavy atom.